The van der Waals surface area contributed by atoms with Crippen LogP contribution in [-0.2, 0) is 4.79 Å². The van der Waals surface area contributed by atoms with E-state index in [9.17, 15) is 9.59 Å². The molecule has 2 rings (SSSR count). The van der Waals surface area contributed by atoms with Crippen molar-refractivity contribution in [3.8, 4) is 0 Å². The van der Waals surface area contributed by atoms with Crippen LogP contribution in [0.25, 0.3) is 0 Å². The molecule has 0 aromatic heterocycles. The summed E-state index contributed by atoms with van der Waals surface area (Å²) in [5.41, 5.74) is 0. The molecule has 0 spiro atoms. The van der Waals surface area contributed by atoms with E-state index in [0.717, 1.165) is 32.4 Å². The number of carboxylic acid groups (broad SMARTS) is 1. The van der Waals surface area contributed by atoms with E-state index >= 15 is 0 Å². The minimum absolute atomic E-state index is 0.134. The van der Waals surface area contributed by atoms with Crippen LogP contribution in [0.4, 0.5) is 4.79 Å². The lowest BCUT2D eigenvalue weighted by Gasteiger charge is -2.38. The highest BCUT2D eigenvalue weighted by molar-refractivity contribution is 5.83. The van der Waals surface area contributed by atoms with Crippen LogP contribution in [0, 0.1) is 0 Å². The molecule has 1 unspecified atom stereocenters. The molecule has 2 amide bonds. The summed E-state index contributed by atoms with van der Waals surface area (Å²) in [4.78, 5) is 29.0. The Labute approximate surface area is 114 Å². The maximum absolute atomic E-state index is 12.4. The number of rotatable bonds is 2. The van der Waals surface area contributed by atoms with Crippen LogP contribution in [0.15, 0.2) is 0 Å². The summed E-state index contributed by atoms with van der Waals surface area (Å²) in [6.45, 7) is 2.50. The average Bonchev–Trinajstić information content (AvgIpc) is 2.86. The number of hydrogen-bond donors (Lipinski definition) is 1. The van der Waals surface area contributed by atoms with Crippen LogP contribution in [0.3, 0.4) is 0 Å². The zero-order valence-electron chi connectivity index (χ0n) is 11.7. The molecule has 0 aliphatic carbocycles. The molecule has 1 N–H and O–H groups in total. The number of likely N-dealkylation sites (tertiary alicyclic amines) is 2. The molecule has 2 aliphatic rings. The Balaban J connectivity index is 2.00. The SMILES string of the molecule is CN1CCCC(N(C)C(=O)N2CCC[C@H]2C(=O)O)C1. The molecule has 0 aromatic carbocycles. The second kappa shape index (κ2) is 5.77. The van der Waals surface area contributed by atoms with Crippen molar-refractivity contribution in [1.29, 1.82) is 0 Å². The maximum atomic E-state index is 12.4. The van der Waals surface area contributed by atoms with Gasteiger partial charge in [-0.15, -0.1) is 0 Å². The molecule has 0 bridgehead atoms. The normalized spacial score (nSPS) is 28.4. The third-order valence-electron chi connectivity index (χ3n) is 4.23. The number of carbonyl (C=O) groups excluding carboxylic acids is 1. The van der Waals surface area contributed by atoms with Gasteiger partial charge in [0.15, 0.2) is 0 Å². The third kappa shape index (κ3) is 3.00. The molecular weight excluding hydrogens is 246 g/mol. The average molecular weight is 269 g/mol. The van der Waals surface area contributed by atoms with Crippen molar-refractivity contribution in [2.24, 2.45) is 0 Å². The Morgan fingerprint density at radius 2 is 1.89 bits per heavy atom. The molecule has 108 valence electrons. The number of urea groups is 1. The Bertz CT molecular complexity index is 361. The van der Waals surface area contributed by atoms with Crippen molar-refractivity contribution in [1.82, 2.24) is 14.7 Å². The summed E-state index contributed by atoms with van der Waals surface area (Å²) in [6, 6.07) is -0.581. The van der Waals surface area contributed by atoms with E-state index < -0.39 is 12.0 Å². The van der Waals surface area contributed by atoms with Crippen LogP contribution in [0.5, 0.6) is 0 Å². The first kappa shape index (κ1) is 14.1. The fourth-order valence-electron chi connectivity index (χ4n) is 3.07. The third-order valence-corrected chi connectivity index (χ3v) is 4.23. The van der Waals surface area contributed by atoms with Gasteiger partial charge in [-0.2, -0.15) is 0 Å². The number of piperidine rings is 1. The zero-order valence-corrected chi connectivity index (χ0v) is 11.7. The van der Waals surface area contributed by atoms with E-state index in [1.54, 1.807) is 11.9 Å². The molecule has 6 nitrogen and oxygen atoms in total. The summed E-state index contributed by atoms with van der Waals surface area (Å²) < 4.78 is 0. The van der Waals surface area contributed by atoms with Crippen LogP contribution < -0.4 is 0 Å². The monoisotopic (exact) mass is 269 g/mol. The Morgan fingerprint density at radius 3 is 2.53 bits per heavy atom. The molecule has 2 fully saturated rings. The number of aliphatic carboxylic acids is 1. The topological polar surface area (TPSA) is 64.1 Å². The van der Waals surface area contributed by atoms with Crippen LogP contribution >= 0.6 is 0 Å². The molecule has 0 radical (unpaired) electrons. The predicted octanol–water partition coefficient (Wildman–Crippen LogP) is 0.681. The van der Waals surface area contributed by atoms with Crippen LogP contribution in [0.2, 0.25) is 0 Å². The van der Waals surface area contributed by atoms with Gasteiger partial charge in [-0.25, -0.2) is 9.59 Å². The first-order valence-corrected chi connectivity index (χ1v) is 6.95. The van der Waals surface area contributed by atoms with Gasteiger partial charge in [0.2, 0.25) is 0 Å². The van der Waals surface area contributed by atoms with Gasteiger partial charge in [0.1, 0.15) is 6.04 Å². The lowest BCUT2D eigenvalue weighted by atomic mass is 10.1. The van der Waals surface area contributed by atoms with E-state index in [1.807, 2.05) is 0 Å². The van der Waals surface area contributed by atoms with Gasteiger partial charge < -0.3 is 19.8 Å². The minimum atomic E-state index is -0.889. The number of hydrogen-bond acceptors (Lipinski definition) is 3. The molecule has 2 atom stereocenters. The molecule has 0 aromatic rings. The summed E-state index contributed by atoms with van der Waals surface area (Å²) >= 11 is 0. The molecule has 2 aliphatic heterocycles. The van der Waals surface area contributed by atoms with Crippen molar-refractivity contribution >= 4 is 12.0 Å². The Kier molecular flexibility index (Phi) is 4.29. The summed E-state index contributed by atoms with van der Waals surface area (Å²) in [7, 11) is 3.85. The Morgan fingerprint density at radius 1 is 1.21 bits per heavy atom. The van der Waals surface area contributed by atoms with Gasteiger partial charge >= 0.3 is 12.0 Å². The molecule has 0 saturated carbocycles. The van der Waals surface area contributed by atoms with Gasteiger partial charge in [-0.05, 0) is 39.3 Å². The van der Waals surface area contributed by atoms with Crippen LogP contribution in [0.1, 0.15) is 25.7 Å². The fourth-order valence-corrected chi connectivity index (χ4v) is 3.07. The number of likely N-dealkylation sites (N-methyl/N-ethyl adjacent to an activating group) is 2. The number of carboxylic acids is 1. The number of carbonyl (C=O) groups is 2. The second-order valence-electron chi connectivity index (χ2n) is 5.64. The lowest BCUT2D eigenvalue weighted by Crippen LogP contribution is -2.53. The highest BCUT2D eigenvalue weighted by Gasteiger charge is 2.37. The summed E-state index contributed by atoms with van der Waals surface area (Å²) in [5, 5.41) is 9.15. The quantitative estimate of drug-likeness (QED) is 0.801. The van der Waals surface area contributed by atoms with Crippen molar-refractivity contribution < 1.29 is 14.7 Å². The molecule has 19 heavy (non-hydrogen) atoms. The second-order valence-corrected chi connectivity index (χ2v) is 5.64. The van der Waals surface area contributed by atoms with Gasteiger partial charge in [-0.1, -0.05) is 0 Å². The Hall–Kier alpha value is -1.30. The number of nitrogens with zero attached hydrogens (tertiary/aromatic N) is 3. The standard InChI is InChI=1S/C13H23N3O3/c1-14-7-3-5-10(9-14)15(2)13(19)16-8-4-6-11(16)12(17)18/h10-11H,3-9H2,1-2H3,(H,17,18)/t10?,11-/m0/s1. The van der Waals surface area contributed by atoms with Gasteiger partial charge in [0.05, 0.1) is 0 Å². The van der Waals surface area contributed by atoms with E-state index in [2.05, 4.69) is 11.9 Å². The van der Waals surface area contributed by atoms with E-state index in [-0.39, 0.29) is 12.1 Å². The highest BCUT2D eigenvalue weighted by atomic mass is 16.4. The lowest BCUT2D eigenvalue weighted by molar-refractivity contribution is -0.141. The highest BCUT2D eigenvalue weighted by Crippen LogP contribution is 2.21. The van der Waals surface area contributed by atoms with Crippen molar-refractivity contribution in [3.63, 3.8) is 0 Å². The van der Waals surface area contributed by atoms with E-state index in [1.165, 1.54) is 4.90 Å². The minimum Gasteiger partial charge on any atom is -0.480 e. The summed E-state index contributed by atoms with van der Waals surface area (Å²) in [6.07, 6.45) is 3.43. The summed E-state index contributed by atoms with van der Waals surface area (Å²) in [5.74, 6) is -0.889. The maximum Gasteiger partial charge on any atom is 0.326 e. The van der Waals surface area contributed by atoms with E-state index in [4.69, 9.17) is 5.11 Å². The van der Waals surface area contributed by atoms with Crippen molar-refractivity contribution in [3.05, 3.63) is 0 Å². The molecule has 6 heteroatoms. The van der Waals surface area contributed by atoms with Gasteiger partial charge in [0, 0.05) is 26.2 Å². The van der Waals surface area contributed by atoms with E-state index in [0.29, 0.717) is 13.0 Å². The van der Waals surface area contributed by atoms with Crippen LogP contribution in [-0.4, -0.2) is 77.6 Å². The smallest absolute Gasteiger partial charge is 0.326 e. The van der Waals surface area contributed by atoms with Crippen molar-refractivity contribution in [2.45, 2.75) is 37.8 Å². The molecule has 2 saturated heterocycles. The van der Waals surface area contributed by atoms with Gasteiger partial charge in [-0.3, -0.25) is 0 Å². The molecular formula is C13H23N3O3. The number of amides is 2. The molecule has 2 heterocycles. The predicted molar refractivity (Wildman–Crippen MR) is 71.0 cm³/mol. The van der Waals surface area contributed by atoms with Crippen molar-refractivity contribution in [2.75, 3.05) is 33.7 Å². The fraction of sp³-hybridized carbons (Fsp3) is 0.846. The largest absolute Gasteiger partial charge is 0.480 e. The first-order chi connectivity index (χ1) is 9.00. The first-order valence-electron chi connectivity index (χ1n) is 6.95. The zero-order chi connectivity index (χ0) is 14.0. The van der Waals surface area contributed by atoms with Gasteiger partial charge in [0.25, 0.3) is 0 Å².